The highest BCUT2D eigenvalue weighted by Crippen LogP contribution is 2.19. The standard InChI is InChI=1S/C12H17NS/c1-10-2-4-12(14-10)5-3-11-6-8-13-9-7-11/h2-5,11,13H,6-9H2,1H3/b5-3+. The van der Waals surface area contributed by atoms with Gasteiger partial charge in [-0.1, -0.05) is 6.08 Å². The van der Waals surface area contributed by atoms with Crippen LogP contribution in [0.5, 0.6) is 0 Å². The molecule has 2 heteroatoms. The topological polar surface area (TPSA) is 12.0 Å². The Labute approximate surface area is 89.8 Å². The van der Waals surface area contributed by atoms with Gasteiger partial charge in [-0.25, -0.2) is 0 Å². The molecule has 1 aliphatic heterocycles. The number of hydrogen-bond donors (Lipinski definition) is 1. The third-order valence-corrected chi connectivity index (χ3v) is 3.64. The minimum atomic E-state index is 0.790. The molecule has 0 saturated carbocycles. The van der Waals surface area contributed by atoms with Crippen molar-refractivity contribution in [3.05, 3.63) is 28.0 Å². The van der Waals surface area contributed by atoms with Gasteiger partial charge in [0.25, 0.3) is 0 Å². The molecule has 1 fully saturated rings. The maximum absolute atomic E-state index is 3.39. The van der Waals surface area contributed by atoms with E-state index in [-0.39, 0.29) is 0 Å². The molecule has 1 aromatic heterocycles. The first-order valence-corrected chi connectivity index (χ1v) is 6.11. The number of rotatable bonds is 2. The lowest BCUT2D eigenvalue weighted by molar-refractivity contribution is 0.438. The molecule has 0 aromatic carbocycles. The van der Waals surface area contributed by atoms with Crippen LogP contribution >= 0.6 is 11.3 Å². The first-order chi connectivity index (χ1) is 6.84. The zero-order valence-corrected chi connectivity index (χ0v) is 9.44. The van der Waals surface area contributed by atoms with Crippen LogP contribution in [-0.4, -0.2) is 13.1 Å². The second-order valence-electron chi connectivity index (χ2n) is 3.89. The molecule has 2 rings (SSSR count). The Morgan fingerprint density at radius 2 is 2.14 bits per heavy atom. The summed E-state index contributed by atoms with van der Waals surface area (Å²) in [6.45, 7) is 4.52. The third-order valence-electron chi connectivity index (χ3n) is 2.68. The summed E-state index contributed by atoms with van der Waals surface area (Å²) in [4.78, 5) is 2.79. The van der Waals surface area contributed by atoms with Gasteiger partial charge in [0.2, 0.25) is 0 Å². The highest BCUT2D eigenvalue weighted by molar-refractivity contribution is 7.12. The number of allylic oxidation sites excluding steroid dienone is 1. The molecule has 1 aliphatic rings. The van der Waals surface area contributed by atoms with Gasteiger partial charge in [-0.3, -0.25) is 0 Å². The molecule has 14 heavy (non-hydrogen) atoms. The quantitative estimate of drug-likeness (QED) is 0.786. The first-order valence-electron chi connectivity index (χ1n) is 5.30. The summed E-state index contributed by atoms with van der Waals surface area (Å²) >= 11 is 1.87. The van der Waals surface area contributed by atoms with E-state index in [2.05, 4.69) is 36.5 Å². The SMILES string of the molecule is Cc1ccc(/C=C/C2CCNCC2)s1. The molecule has 0 atom stereocenters. The normalized spacial score (nSPS) is 19.2. The van der Waals surface area contributed by atoms with Crippen molar-refractivity contribution in [1.29, 1.82) is 0 Å². The van der Waals surface area contributed by atoms with Crippen molar-refractivity contribution in [2.24, 2.45) is 5.92 Å². The van der Waals surface area contributed by atoms with Crippen LogP contribution in [0.25, 0.3) is 6.08 Å². The van der Waals surface area contributed by atoms with Crippen molar-refractivity contribution in [2.45, 2.75) is 19.8 Å². The predicted octanol–water partition coefficient (Wildman–Crippen LogP) is 3.07. The zero-order valence-electron chi connectivity index (χ0n) is 8.62. The lowest BCUT2D eigenvalue weighted by atomic mass is 9.98. The van der Waals surface area contributed by atoms with Crippen LogP contribution in [0, 0.1) is 12.8 Å². The summed E-state index contributed by atoms with van der Waals surface area (Å²) in [6, 6.07) is 4.39. The van der Waals surface area contributed by atoms with Gasteiger partial charge in [-0.2, -0.15) is 0 Å². The van der Waals surface area contributed by atoms with Gasteiger partial charge in [0.05, 0.1) is 0 Å². The molecule has 1 nitrogen and oxygen atoms in total. The molecule has 1 aromatic rings. The molecule has 76 valence electrons. The Hall–Kier alpha value is -0.600. The van der Waals surface area contributed by atoms with Gasteiger partial charge >= 0.3 is 0 Å². The first kappa shape index (κ1) is 9.94. The van der Waals surface area contributed by atoms with E-state index >= 15 is 0 Å². The number of piperidine rings is 1. The Morgan fingerprint density at radius 1 is 1.36 bits per heavy atom. The van der Waals surface area contributed by atoms with Crippen molar-refractivity contribution in [3.8, 4) is 0 Å². The van der Waals surface area contributed by atoms with Gasteiger partial charge in [-0.15, -0.1) is 11.3 Å². The Kier molecular flexibility index (Phi) is 3.38. The second-order valence-corrected chi connectivity index (χ2v) is 5.21. The summed E-state index contributed by atoms with van der Waals surface area (Å²) < 4.78 is 0. The van der Waals surface area contributed by atoms with E-state index in [1.165, 1.54) is 35.7 Å². The summed E-state index contributed by atoms with van der Waals surface area (Å²) in [7, 11) is 0. The number of aryl methyl sites for hydroxylation is 1. The zero-order chi connectivity index (χ0) is 9.80. The van der Waals surface area contributed by atoms with Gasteiger partial charge < -0.3 is 5.32 Å². The Balaban J connectivity index is 1.92. The maximum atomic E-state index is 3.39. The molecule has 0 aliphatic carbocycles. The molecular weight excluding hydrogens is 190 g/mol. The molecule has 2 heterocycles. The molecule has 1 saturated heterocycles. The lowest BCUT2D eigenvalue weighted by Gasteiger charge is -2.18. The summed E-state index contributed by atoms with van der Waals surface area (Å²) in [5.41, 5.74) is 0. The molecule has 0 unspecified atom stereocenters. The van der Waals surface area contributed by atoms with Crippen molar-refractivity contribution in [3.63, 3.8) is 0 Å². The van der Waals surface area contributed by atoms with Crippen LogP contribution in [0.2, 0.25) is 0 Å². The van der Waals surface area contributed by atoms with E-state index in [0.29, 0.717) is 0 Å². The van der Waals surface area contributed by atoms with Crippen LogP contribution in [0.1, 0.15) is 22.6 Å². The minimum Gasteiger partial charge on any atom is -0.317 e. The fourth-order valence-corrected chi connectivity index (χ4v) is 2.60. The third kappa shape index (κ3) is 2.69. The Bertz CT molecular complexity index is 308. The van der Waals surface area contributed by atoms with Crippen molar-refractivity contribution >= 4 is 17.4 Å². The van der Waals surface area contributed by atoms with Gasteiger partial charge in [-0.05, 0) is 57.0 Å². The van der Waals surface area contributed by atoms with E-state index in [9.17, 15) is 0 Å². The van der Waals surface area contributed by atoms with Crippen LogP contribution < -0.4 is 5.32 Å². The van der Waals surface area contributed by atoms with Gasteiger partial charge in [0.1, 0.15) is 0 Å². The minimum absolute atomic E-state index is 0.790. The predicted molar refractivity (Wildman–Crippen MR) is 63.7 cm³/mol. The van der Waals surface area contributed by atoms with E-state index in [4.69, 9.17) is 0 Å². The monoisotopic (exact) mass is 207 g/mol. The molecule has 0 spiro atoms. The maximum Gasteiger partial charge on any atom is 0.0270 e. The van der Waals surface area contributed by atoms with Gasteiger partial charge in [0, 0.05) is 9.75 Å². The van der Waals surface area contributed by atoms with Crippen LogP contribution in [-0.2, 0) is 0 Å². The average Bonchev–Trinajstić information content (AvgIpc) is 2.63. The van der Waals surface area contributed by atoms with Crippen LogP contribution in [0.3, 0.4) is 0 Å². The van der Waals surface area contributed by atoms with E-state index in [1.54, 1.807) is 0 Å². The van der Waals surface area contributed by atoms with Gasteiger partial charge in [0.15, 0.2) is 0 Å². The number of nitrogens with one attached hydrogen (secondary N) is 1. The molecule has 0 bridgehead atoms. The fraction of sp³-hybridized carbons (Fsp3) is 0.500. The number of hydrogen-bond acceptors (Lipinski definition) is 2. The van der Waals surface area contributed by atoms with E-state index in [1.807, 2.05) is 11.3 Å². The van der Waals surface area contributed by atoms with Crippen molar-refractivity contribution in [1.82, 2.24) is 5.32 Å². The highest BCUT2D eigenvalue weighted by Gasteiger charge is 2.08. The summed E-state index contributed by atoms with van der Waals surface area (Å²) in [5, 5.41) is 3.39. The molecule has 1 N–H and O–H groups in total. The average molecular weight is 207 g/mol. The van der Waals surface area contributed by atoms with Crippen molar-refractivity contribution < 1.29 is 0 Å². The molecular formula is C12H17NS. The molecule has 0 amide bonds. The van der Waals surface area contributed by atoms with Crippen LogP contribution in [0.4, 0.5) is 0 Å². The van der Waals surface area contributed by atoms with E-state index in [0.717, 1.165) is 5.92 Å². The Morgan fingerprint density at radius 3 is 2.79 bits per heavy atom. The number of thiophene rings is 1. The highest BCUT2D eigenvalue weighted by atomic mass is 32.1. The molecule has 0 radical (unpaired) electrons. The summed E-state index contributed by atoms with van der Waals surface area (Å²) in [5.74, 6) is 0.790. The largest absolute Gasteiger partial charge is 0.317 e. The smallest absolute Gasteiger partial charge is 0.0270 e. The van der Waals surface area contributed by atoms with Crippen molar-refractivity contribution in [2.75, 3.05) is 13.1 Å². The fourth-order valence-electron chi connectivity index (χ4n) is 1.81. The lowest BCUT2D eigenvalue weighted by Crippen LogP contribution is -2.26. The van der Waals surface area contributed by atoms with E-state index < -0.39 is 0 Å². The van der Waals surface area contributed by atoms with Crippen LogP contribution in [0.15, 0.2) is 18.2 Å². The summed E-state index contributed by atoms with van der Waals surface area (Å²) in [6.07, 6.45) is 7.25. The second kappa shape index (κ2) is 4.76.